The van der Waals surface area contributed by atoms with Crippen LogP contribution in [-0.2, 0) is 21.2 Å². The summed E-state index contributed by atoms with van der Waals surface area (Å²) >= 11 is 0. The molecule has 1 amide bonds. The van der Waals surface area contributed by atoms with Crippen molar-refractivity contribution < 1.29 is 22.0 Å². The molecule has 6 nitrogen and oxygen atoms in total. The zero-order valence-electron chi connectivity index (χ0n) is 13.7. The number of halogens is 2. The van der Waals surface area contributed by atoms with Crippen LogP contribution in [0, 0.1) is 11.6 Å². The fraction of sp³-hybridized carbons (Fsp3) is 0.235. The summed E-state index contributed by atoms with van der Waals surface area (Å²) in [7, 11) is -4.35. The van der Waals surface area contributed by atoms with Crippen molar-refractivity contribution >= 4 is 21.6 Å². The highest BCUT2D eigenvalue weighted by atomic mass is 32.2. The van der Waals surface area contributed by atoms with Crippen molar-refractivity contribution in [2.45, 2.75) is 17.7 Å². The predicted molar refractivity (Wildman–Crippen MR) is 91.8 cm³/mol. The average molecular weight is 381 g/mol. The standard InChI is InChI=1S/C17H17F2N3O3S/c18-13-7-8-16(14(19)10-13)26(24,25)21-20-17(23)11-22-9-3-5-12-4-1-2-6-15(12)22/h1-2,4,6-8,10,21H,3,5,9,11H2,(H,20,23). The topological polar surface area (TPSA) is 78.5 Å². The lowest BCUT2D eigenvalue weighted by Gasteiger charge is -2.30. The Hall–Kier alpha value is -2.52. The Kier molecular flexibility index (Phi) is 5.19. The van der Waals surface area contributed by atoms with E-state index in [1.165, 1.54) is 0 Å². The number of rotatable bonds is 5. The number of anilines is 1. The van der Waals surface area contributed by atoms with E-state index in [4.69, 9.17) is 0 Å². The quantitative estimate of drug-likeness (QED) is 0.774. The van der Waals surface area contributed by atoms with Gasteiger partial charge in [0.15, 0.2) is 0 Å². The molecule has 0 fully saturated rings. The molecule has 0 spiro atoms. The second-order valence-corrected chi connectivity index (χ2v) is 7.53. The monoisotopic (exact) mass is 381 g/mol. The molecule has 138 valence electrons. The molecule has 0 unspecified atom stereocenters. The van der Waals surface area contributed by atoms with E-state index in [2.05, 4.69) is 5.43 Å². The molecule has 0 saturated carbocycles. The van der Waals surface area contributed by atoms with Gasteiger partial charge in [0.2, 0.25) is 0 Å². The zero-order valence-corrected chi connectivity index (χ0v) is 14.5. The average Bonchev–Trinajstić information content (AvgIpc) is 2.60. The third kappa shape index (κ3) is 4.00. The second-order valence-electron chi connectivity index (χ2n) is 5.88. The molecule has 1 heterocycles. The highest BCUT2D eigenvalue weighted by molar-refractivity contribution is 7.89. The molecule has 0 saturated heterocycles. The van der Waals surface area contributed by atoms with Crippen molar-refractivity contribution in [2.24, 2.45) is 0 Å². The first-order valence-corrected chi connectivity index (χ1v) is 9.44. The van der Waals surface area contributed by atoms with Gasteiger partial charge in [-0.2, -0.15) is 0 Å². The van der Waals surface area contributed by atoms with Crippen LogP contribution in [0.2, 0.25) is 0 Å². The van der Waals surface area contributed by atoms with Crippen LogP contribution >= 0.6 is 0 Å². The van der Waals surface area contributed by atoms with Gasteiger partial charge in [-0.25, -0.2) is 17.2 Å². The maximum Gasteiger partial charge on any atom is 0.260 e. The zero-order chi connectivity index (χ0) is 18.7. The van der Waals surface area contributed by atoms with Crippen LogP contribution in [0.3, 0.4) is 0 Å². The van der Waals surface area contributed by atoms with Gasteiger partial charge in [-0.1, -0.05) is 18.2 Å². The minimum absolute atomic E-state index is 0.0502. The van der Waals surface area contributed by atoms with Crippen LogP contribution in [0.25, 0.3) is 0 Å². The number of sulfonamides is 1. The molecule has 0 aliphatic carbocycles. The van der Waals surface area contributed by atoms with E-state index in [9.17, 15) is 22.0 Å². The Bertz CT molecular complexity index is 935. The minimum Gasteiger partial charge on any atom is -0.362 e. The number of carbonyl (C=O) groups is 1. The summed E-state index contributed by atoms with van der Waals surface area (Å²) in [6, 6.07) is 9.76. The number of nitrogens with zero attached hydrogens (tertiary/aromatic N) is 1. The molecule has 0 radical (unpaired) electrons. The van der Waals surface area contributed by atoms with Crippen molar-refractivity contribution in [3.63, 3.8) is 0 Å². The van der Waals surface area contributed by atoms with Gasteiger partial charge in [0, 0.05) is 18.3 Å². The highest BCUT2D eigenvalue weighted by Crippen LogP contribution is 2.26. The summed E-state index contributed by atoms with van der Waals surface area (Å²) in [5, 5.41) is 0. The smallest absolute Gasteiger partial charge is 0.260 e. The number of hydrogen-bond acceptors (Lipinski definition) is 4. The van der Waals surface area contributed by atoms with Crippen LogP contribution in [0.15, 0.2) is 47.4 Å². The first kappa shape index (κ1) is 18.3. The normalized spacial score (nSPS) is 14.0. The van der Waals surface area contributed by atoms with E-state index in [1.54, 1.807) is 0 Å². The van der Waals surface area contributed by atoms with Gasteiger partial charge in [0.25, 0.3) is 15.9 Å². The molecule has 26 heavy (non-hydrogen) atoms. The maximum absolute atomic E-state index is 13.6. The molecular weight excluding hydrogens is 364 g/mol. The van der Waals surface area contributed by atoms with E-state index in [-0.39, 0.29) is 6.54 Å². The summed E-state index contributed by atoms with van der Waals surface area (Å²) in [4.78, 5) is 15.0. The predicted octanol–water partition coefficient (Wildman–Crippen LogP) is 1.73. The number of para-hydroxylation sites is 1. The number of nitrogens with one attached hydrogen (secondary N) is 2. The van der Waals surface area contributed by atoms with Gasteiger partial charge in [0.05, 0.1) is 6.54 Å². The van der Waals surface area contributed by atoms with Crippen molar-refractivity contribution in [3.8, 4) is 0 Å². The third-order valence-electron chi connectivity index (χ3n) is 4.05. The molecule has 3 rings (SSSR count). The van der Waals surface area contributed by atoms with Gasteiger partial charge >= 0.3 is 0 Å². The van der Waals surface area contributed by atoms with E-state index in [0.29, 0.717) is 12.6 Å². The van der Waals surface area contributed by atoms with E-state index < -0.39 is 32.5 Å². The SMILES string of the molecule is O=C(CN1CCCc2ccccc21)NNS(=O)(=O)c1ccc(F)cc1F. The van der Waals surface area contributed by atoms with E-state index in [1.807, 2.05) is 34.0 Å². The van der Waals surface area contributed by atoms with Crippen molar-refractivity contribution in [2.75, 3.05) is 18.0 Å². The first-order valence-electron chi connectivity index (χ1n) is 7.95. The molecular formula is C17H17F2N3O3S. The Morgan fingerprint density at radius 1 is 1.15 bits per heavy atom. The maximum atomic E-state index is 13.6. The number of benzene rings is 2. The first-order chi connectivity index (χ1) is 12.4. The van der Waals surface area contributed by atoms with E-state index in [0.717, 1.165) is 36.2 Å². The number of hydrogen-bond donors (Lipinski definition) is 2. The molecule has 2 aromatic carbocycles. The molecule has 2 aromatic rings. The molecule has 1 aliphatic heterocycles. The van der Waals surface area contributed by atoms with Gasteiger partial charge in [-0.3, -0.25) is 10.2 Å². The van der Waals surface area contributed by atoms with Gasteiger partial charge in [0.1, 0.15) is 16.5 Å². The Balaban J connectivity index is 1.64. The fourth-order valence-electron chi connectivity index (χ4n) is 2.86. The Labute approximate surface area is 149 Å². The summed E-state index contributed by atoms with van der Waals surface area (Å²) in [5.74, 6) is -2.72. The third-order valence-corrected chi connectivity index (χ3v) is 5.33. The van der Waals surface area contributed by atoms with Crippen LogP contribution in [0.1, 0.15) is 12.0 Å². The van der Waals surface area contributed by atoms with E-state index >= 15 is 0 Å². The molecule has 0 aromatic heterocycles. The lowest BCUT2D eigenvalue weighted by atomic mass is 10.0. The minimum atomic E-state index is -4.35. The number of hydrazine groups is 1. The fourth-order valence-corrected chi connectivity index (χ4v) is 3.78. The van der Waals surface area contributed by atoms with Gasteiger partial charge in [-0.05, 0) is 36.6 Å². The number of aryl methyl sites for hydroxylation is 1. The number of carbonyl (C=O) groups excluding carboxylic acids is 1. The summed E-state index contributed by atoms with van der Waals surface area (Å²) < 4.78 is 50.6. The van der Waals surface area contributed by atoms with Crippen molar-refractivity contribution in [3.05, 3.63) is 59.7 Å². The molecule has 1 aliphatic rings. The summed E-state index contributed by atoms with van der Waals surface area (Å²) in [6.45, 7) is 0.620. The largest absolute Gasteiger partial charge is 0.362 e. The lowest BCUT2D eigenvalue weighted by molar-refractivity contribution is -0.120. The summed E-state index contributed by atoms with van der Waals surface area (Å²) in [6.07, 6.45) is 1.81. The number of fused-ring (bicyclic) bond motifs is 1. The van der Waals surface area contributed by atoms with Crippen LogP contribution < -0.4 is 15.2 Å². The second kappa shape index (κ2) is 7.38. The van der Waals surface area contributed by atoms with Crippen LogP contribution in [-0.4, -0.2) is 27.4 Å². The summed E-state index contributed by atoms with van der Waals surface area (Å²) in [5.41, 5.74) is 4.12. The Morgan fingerprint density at radius 3 is 2.69 bits per heavy atom. The highest BCUT2D eigenvalue weighted by Gasteiger charge is 2.22. The molecule has 2 N–H and O–H groups in total. The van der Waals surface area contributed by atoms with Gasteiger partial charge in [-0.15, -0.1) is 4.83 Å². The number of amides is 1. The Morgan fingerprint density at radius 2 is 1.92 bits per heavy atom. The van der Waals surface area contributed by atoms with Gasteiger partial charge < -0.3 is 4.90 Å². The van der Waals surface area contributed by atoms with Crippen molar-refractivity contribution in [1.82, 2.24) is 10.3 Å². The molecule has 0 atom stereocenters. The molecule has 0 bridgehead atoms. The molecule has 9 heteroatoms. The van der Waals surface area contributed by atoms with Crippen LogP contribution in [0.4, 0.5) is 14.5 Å². The van der Waals surface area contributed by atoms with Crippen LogP contribution in [0.5, 0.6) is 0 Å². The lowest BCUT2D eigenvalue weighted by Crippen LogP contribution is -2.47. The van der Waals surface area contributed by atoms with Crippen molar-refractivity contribution in [1.29, 1.82) is 0 Å².